The van der Waals surface area contributed by atoms with Crippen molar-refractivity contribution < 1.29 is 19.5 Å². The number of tetrazole rings is 1. The number of anilines is 1. The van der Waals surface area contributed by atoms with Crippen LogP contribution >= 0.6 is 11.6 Å². The second kappa shape index (κ2) is 10.8. The molecule has 0 fully saturated rings. The van der Waals surface area contributed by atoms with Crippen molar-refractivity contribution >= 4 is 52.1 Å². The van der Waals surface area contributed by atoms with E-state index in [0.717, 1.165) is 16.6 Å². The van der Waals surface area contributed by atoms with Crippen LogP contribution in [0.15, 0.2) is 79.1 Å². The maximum atomic E-state index is 14.1. The first-order chi connectivity index (χ1) is 20.6. The first-order valence-electron chi connectivity index (χ1n) is 13.4. The minimum Gasteiger partial charge on any atom is -0.478 e. The van der Waals surface area contributed by atoms with Crippen LogP contribution in [-0.2, 0) is 16.0 Å². The Hall–Kier alpha value is -5.29. The zero-order valence-electron chi connectivity index (χ0n) is 23.2. The Bertz CT molecular complexity index is 1900. The molecular formula is C31H26ClN7O4. The molecule has 1 atom stereocenters. The second-order valence-corrected chi connectivity index (χ2v) is 11.3. The highest BCUT2D eigenvalue weighted by atomic mass is 35.5. The summed E-state index contributed by atoms with van der Waals surface area (Å²) in [6, 6.07) is 17.7. The second-order valence-electron chi connectivity index (χ2n) is 10.8. The van der Waals surface area contributed by atoms with Gasteiger partial charge in [-0.1, -0.05) is 29.8 Å². The Balaban J connectivity index is 1.41. The van der Waals surface area contributed by atoms with Crippen molar-refractivity contribution in [3.8, 4) is 5.69 Å². The van der Waals surface area contributed by atoms with Gasteiger partial charge in [0.1, 0.15) is 12.4 Å². The van der Waals surface area contributed by atoms with E-state index < -0.39 is 23.5 Å². The van der Waals surface area contributed by atoms with Crippen molar-refractivity contribution in [2.24, 2.45) is 0 Å². The van der Waals surface area contributed by atoms with Crippen LogP contribution in [0.25, 0.3) is 22.7 Å². The summed E-state index contributed by atoms with van der Waals surface area (Å²) in [5, 5.41) is 24.8. The number of carboxylic acid groups (broad SMARTS) is 1. The number of carboxylic acids is 1. The molecule has 0 spiro atoms. The largest absolute Gasteiger partial charge is 0.478 e. The molecular weight excluding hydrogens is 570 g/mol. The summed E-state index contributed by atoms with van der Waals surface area (Å²) >= 11 is 6.28. The fraction of sp³-hybridized carbons (Fsp3) is 0.161. The molecule has 1 aliphatic heterocycles. The third-order valence-electron chi connectivity index (χ3n) is 7.50. The number of para-hydroxylation sites is 1. The summed E-state index contributed by atoms with van der Waals surface area (Å²) in [5.74, 6) is -1.88. The van der Waals surface area contributed by atoms with E-state index in [1.54, 1.807) is 29.2 Å². The van der Waals surface area contributed by atoms with Crippen molar-refractivity contribution in [3.05, 3.63) is 107 Å². The number of carbonyl (C=O) groups is 3. The number of nitrogens with one attached hydrogen (secondary N) is 2. The molecule has 2 aromatic heterocycles. The zero-order valence-corrected chi connectivity index (χ0v) is 23.9. The van der Waals surface area contributed by atoms with Gasteiger partial charge in [-0.05, 0) is 78.9 Å². The van der Waals surface area contributed by atoms with Gasteiger partial charge in [0, 0.05) is 56.5 Å². The minimum atomic E-state index is -1.07. The lowest BCUT2D eigenvalue weighted by Gasteiger charge is -2.46. The molecule has 6 rings (SSSR count). The number of hydrogen-bond donors (Lipinski definition) is 3. The summed E-state index contributed by atoms with van der Waals surface area (Å²) in [6.07, 6.45) is 4.98. The van der Waals surface area contributed by atoms with E-state index in [1.165, 1.54) is 41.4 Å². The number of fused-ring (bicyclic) bond motifs is 3. The topological polar surface area (TPSA) is 146 Å². The summed E-state index contributed by atoms with van der Waals surface area (Å²) < 4.78 is 1.47. The number of aromatic nitrogens is 5. The molecule has 3 aromatic carbocycles. The summed E-state index contributed by atoms with van der Waals surface area (Å²) in [6.45, 7) is 3.84. The van der Waals surface area contributed by atoms with E-state index in [1.807, 2.05) is 38.1 Å². The molecule has 1 aliphatic rings. The van der Waals surface area contributed by atoms with Crippen LogP contribution in [0.5, 0.6) is 0 Å². The van der Waals surface area contributed by atoms with E-state index in [4.69, 9.17) is 11.6 Å². The van der Waals surface area contributed by atoms with E-state index >= 15 is 0 Å². The maximum Gasteiger partial charge on any atom is 0.335 e. The summed E-state index contributed by atoms with van der Waals surface area (Å²) in [5.41, 5.74) is 3.42. The number of amides is 2. The molecule has 0 saturated carbocycles. The monoisotopic (exact) mass is 595 g/mol. The Morgan fingerprint density at radius 2 is 1.86 bits per heavy atom. The molecule has 12 heteroatoms. The van der Waals surface area contributed by atoms with Gasteiger partial charge in [0.25, 0.3) is 5.91 Å². The van der Waals surface area contributed by atoms with Crippen molar-refractivity contribution in [3.63, 3.8) is 0 Å². The SMILES string of the molecule is CC1(C)Cc2[nH]c3ccccc3c2C(C(=O)Nc2ccc(C(=O)O)cc2)N1C(=O)/C=C/c1cc(Cl)ccc1-n1cnnn1. The molecule has 5 aromatic rings. The number of nitrogens with zero attached hydrogens (tertiary/aromatic N) is 5. The van der Waals surface area contributed by atoms with Gasteiger partial charge in [0.2, 0.25) is 5.91 Å². The van der Waals surface area contributed by atoms with Gasteiger partial charge in [-0.25, -0.2) is 4.79 Å². The first-order valence-corrected chi connectivity index (χ1v) is 13.8. The molecule has 0 aliphatic carbocycles. The van der Waals surface area contributed by atoms with E-state index in [9.17, 15) is 19.5 Å². The van der Waals surface area contributed by atoms with Crippen LogP contribution in [0.3, 0.4) is 0 Å². The standard InChI is InChI=1S/C31H26ClN7O4/c1-31(2)16-24-27(22-5-3-4-6-23(22)35-24)28(29(41)34-21-11-7-18(8-12-21)30(42)43)39(31)26(40)14-9-19-15-20(32)10-13-25(19)38-17-33-36-37-38/h3-15,17,28,35H,16H2,1-2H3,(H,34,41)(H,42,43)/b14-9+. The van der Waals surface area contributed by atoms with E-state index in [2.05, 4.69) is 25.8 Å². The molecule has 1 unspecified atom stereocenters. The smallest absolute Gasteiger partial charge is 0.335 e. The number of rotatable bonds is 6. The van der Waals surface area contributed by atoms with Gasteiger partial charge in [-0.3, -0.25) is 9.59 Å². The first kappa shape index (κ1) is 27.9. The van der Waals surface area contributed by atoms with Gasteiger partial charge >= 0.3 is 5.97 Å². The molecule has 3 heterocycles. The third-order valence-corrected chi connectivity index (χ3v) is 7.73. The minimum absolute atomic E-state index is 0.0970. The number of aromatic amines is 1. The molecule has 43 heavy (non-hydrogen) atoms. The lowest BCUT2D eigenvalue weighted by molar-refractivity contribution is -0.142. The van der Waals surface area contributed by atoms with Gasteiger partial charge in [-0.15, -0.1) is 5.10 Å². The molecule has 2 amide bonds. The lowest BCUT2D eigenvalue weighted by atomic mass is 9.83. The molecule has 0 saturated heterocycles. The maximum absolute atomic E-state index is 14.1. The van der Waals surface area contributed by atoms with Crippen molar-refractivity contribution in [1.29, 1.82) is 0 Å². The van der Waals surface area contributed by atoms with Crippen LogP contribution in [-0.4, -0.2) is 58.5 Å². The lowest BCUT2D eigenvalue weighted by Crippen LogP contribution is -2.56. The normalized spacial score (nSPS) is 15.9. The number of benzene rings is 3. The van der Waals surface area contributed by atoms with Gasteiger partial charge in [0.05, 0.1) is 11.3 Å². The number of carbonyl (C=O) groups excluding carboxylic acids is 2. The van der Waals surface area contributed by atoms with Crippen molar-refractivity contribution in [2.75, 3.05) is 5.32 Å². The Kier molecular flexibility index (Phi) is 7.02. The highest BCUT2D eigenvalue weighted by Gasteiger charge is 2.46. The highest BCUT2D eigenvalue weighted by molar-refractivity contribution is 6.30. The number of halogens is 1. The fourth-order valence-corrected chi connectivity index (χ4v) is 5.81. The number of aromatic carboxylic acids is 1. The molecule has 0 radical (unpaired) electrons. The molecule has 11 nitrogen and oxygen atoms in total. The summed E-state index contributed by atoms with van der Waals surface area (Å²) in [4.78, 5) is 44.6. The van der Waals surface area contributed by atoms with Gasteiger partial charge in [-0.2, -0.15) is 4.68 Å². The average Bonchev–Trinajstić information content (AvgIpc) is 3.63. The predicted molar refractivity (Wildman–Crippen MR) is 161 cm³/mol. The molecule has 216 valence electrons. The third kappa shape index (κ3) is 5.26. The fourth-order valence-electron chi connectivity index (χ4n) is 5.63. The zero-order chi connectivity index (χ0) is 30.3. The number of H-pyrrole nitrogens is 1. The van der Waals surface area contributed by atoms with Crippen molar-refractivity contribution in [2.45, 2.75) is 31.8 Å². The van der Waals surface area contributed by atoms with E-state index in [-0.39, 0.29) is 11.5 Å². The van der Waals surface area contributed by atoms with Crippen molar-refractivity contribution in [1.82, 2.24) is 30.1 Å². The molecule has 3 N–H and O–H groups in total. The predicted octanol–water partition coefficient (Wildman–Crippen LogP) is 5.05. The Labute approximate surface area is 250 Å². The Morgan fingerprint density at radius 3 is 2.58 bits per heavy atom. The van der Waals surface area contributed by atoms with Crippen LogP contribution in [0, 0.1) is 0 Å². The highest BCUT2D eigenvalue weighted by Crippen LogP contribution is 2.43. The molecule has 0 bridgehead atoms. The van der Waals surface area contributed by atoms with Crippen LogP contribution in [0.2, 0.25) is 5.02 Å². The van der Waals surface area contributed by atoms with Gasteiger partial charge < -0.3 is 20.3 Å². The summed E-state index contributed by atoms with van der Waals surface area (Å²) in [7, 11) is 0. The van der Waals surface area contributed by atoms with Gasteiger partial charge in [0.15, 0.2) is 0 Å². The van der Waals surface area contributed by atoms with E-state index in [0.29, 0.717) is 33.9 Å². The quantitative estimate of drug-likeness (QED) is 0.233. The average molecular weight is 596 g/mol. The number of hydrogen-bond acceptors (Lipinski definition) is 6. The van der Waals surface area contributed by atoms with Crippen LogP contribution in [0.4, 0.5) is 5.69 Å². The van der Waals surface area contributed by atoms with Crippen LogP contribution in [0.1, 0.15) is 47.1 Å². The van der Waals surface area contributed by atoms with Crippen LogP contribution < -0.4 is 5.32 Å². The Morgan fingerprint density at radius 1 is 1.09 bits per heavy atom.